The zero-order valence-corrected chi connectivity index (χ0v) is 19.4. The molecule has 1 fully saturated rings. The van der Waals surface area contributed by atoms with Gasteiger partial charge in [0.2, 0.25) is 5.91 Å². The molecule has 10 heteroatoms. The lowest BCUT2D eigenvalue weighted by Gasteiger charge is -2.36. The van der Waals surface area contributed by atoms with Crippen LogP contribution in [-0.4, -0.2) is 59.2 Å². The Morgan fingerprint density at radius 2 is 1.73 bits per heavy atom. The van der Waals surface area contributed by atoms with Gasteiger partial charge in [0, 0.05) is 36.9 Å². The molecule has 4 rings (SSSR count). The van der Waals surface area contributed by atoms with Crippen LogP contribution in [0, 0.1) is 12.7 Å². The van der Waals surface area contributed by atoms with E-state index < -0.39 is 5.91 Å². The van der Waals surface area contributed by atoms with Crippen LogP contribution in [-0.2, 0) is 4.79 Å². The van der Waals surface area contributed by atoms with E-state index in [1.165, 1.54) is 28.9 Å². The highest BCUT2D eigenvalue weighted by molar-refractivity contribution is 6.33. The highest BCUT2D eigenvalue weighted by Crippen LogP contribution is 2.24. The molecule has 7 nitrogen and oxygen atoms in total. The Kier molecular flexibility index (Phi) is 6.85. The molecule has 0 spiro atoms. The number of piperazine rings is 1. The number of benzene rings is 2. The van der Waals surface area contributed by atoms with Crippen LogP contribution in [0.3, 0.4) is 0 Å². The van der Waals surface area contributed by atoms with Gasteiger partial charge in [0.05, 0.1) is 23.5 Å². The molecule has 0 atom stereocenters. The van der Waals surface area contributed by atoms with E-state index in [9.17, 15) is 14.0 Å². The van der Waals surface area contributed by atoms with Gasteiger partial charge < -0.3 is 15.1 Å². The molecule has 1 aliphatic heterocycles. The van der Waals surface area contributed by atoms with Crippen LogP contribution in [0.2, 0.25) is 10.2 Å². The Labute approximate surface area is 200 Å². The minimum Gasteiger partial charge on any atom is -0.368 e. The van der Waals surface area contributed by atoms with E-state index in [4.69, 9.17) is 23.2 Å². The summed E-state index contributed by atoms with van der Waals surface area (Å²) in [6, 6.07) is 13.2. The summed E-state index contributed by atoms with van der Waals surface area (Å²) in [5.74, 6) is -1.05. The quantitative estimate of drug-likeness (QED) is 0.592. The number of carbonyl (C=O) groups is 2. The Hall–Kier alpha value is -3.10. The fourth-order valence-electron chi connectivity index (χ4n) is 3.75. The van der Waals surface area contributed by atoms with Gasteiger partial charge in [0.1, 0.15) is 11.0 Å². The third-order valence-electron chi connectivity index (χ3n) is 5.51. The van der Waals surface area contributed by atoms with Gasteiger partial charge in [-0.05, 0) is 49.4 Å². The molecule has 2 amide bonds. The first kappa shape index (κ1) is 23.1. The van der Waals surface area contributed by atoms with E-state index in [1.54, 1.807) is 11.8 Å². The molecule has 0 saturated carbocycles. The molecule has 2 heterocycles. The predicted octanol–water partition coefficient (Wildman–Crippen LogP) is 3.71. The smallest absolute Gasteiger partial charge is 0.256 e. The molecule has 1 aliphatic rings. The lowest BCUT2D eigenvalue weighted by atomic mass is 10.2. The number of halogens is 3. The molecule has 0 unspecified atom stereocenters. The second-order valence-electron chi connectivity index (χ2n) is 7.67. The van der Waals surface area contributed by atoms with Crippen molar-refractivity contribution in [1.82, 2.24) is 20.0 Å². The summed E-state index contributed by atoms with van der Waals surface area (Å²) >= 11 is 12.5. The molecular weight excluding hydrogens is 468 g/mol. The molecule has 0 aliphatic carbocycles. The average molecular weight is 490 g/mol. The fourth-order valence-corrected chi connectivity index (χ4v) is 4.30. The monoisotopic (exact) mass is 489 g/mol. The number of hydrogen-bond donors (Lipinski definition) is 1. The summed E-state index contributed by atoms with van der Waals surface area (Å²) in [5, 5.41) is 7.69. The van der Waals surface area contributed by atoms with Crippen molar-refractivity contribution < 1.29 is 14.0 Å². The van der Waals surface area contributed by atoms with Crippen molar-refractivity contribution in [3.8, 4) is 5.69 Å². The summed E-state index contributed by atoms with van der Waals surface area (Å²) in [7, 11) is 0. The first-order valence-electron chi connectivity index (χ1n) is 10.4. The molecule has 0 bridgehead atoms. The van der Waals surface area contributed by atoms with Crippen LogP contribution in [0.4, 0.5) is 10.1 Å². The van der Waals surface area contributed by atoms with E-state index in [2.05, 4.69) is 15.3 Å². The van der Waals surface area contributed by atoms with Gasteiger partial charge in [-0.15, -0.1) is 0 Å². The van der Waals surface area contributed by atoms with Crippen LogP contribution < -0.4 is 10.2 Å². The molecule has 0 radical (unpaired) electrons. The molecule has 1 aromatic heterocycles. The van der Waals surface area contributed by atoms with Crippen LogP contribution in [0.15, 0.2) is 48.5 Å². The highest BCUT2D eigenvalue weighted by Gasteiger charge is 2.24. The Balaban J connectivity index is 1.34. The minimum absolute atomic E-state index is 0.0965. The number of aromatic nitrogens is 2. The number of hydrogen-bond acceptors (Lipinski definition) is 4. The number of nitrogens with one attached hydrogen (secondary N) is 1. The summed E-state index contributed by atoms with van der Waals surface area (Å²) in [6.45, 7) is 3.95. The van der Waals surface area contributed by atoms with Gasteiger partial charge in [-0.25, -0.2) is 9.07 Å². The van der Waals surface area contributed by atoms with Crippen LogP contribution in [0.5, 0.6) is 0 Å². The van der Waals surface area contributed by atoms with Crippen LogP contribution >= 0.6 is 23.2 Å². The second kappa shape index (κ2) is 9.80. The van der Waals surface area contributed by atoms with Crippen molar-refractivity contribution in [3.05, 3.63) is 75.8 Å². The topological polar surface area (TPSA) is 70.5 Å². The molecule has 3 aromatic rings. The maximum Gasteiger partial charge on any atom is 0.256 e. The maximum atomic E-state index is 13.2. The molecular formula is C23H22Cl2FN5O2. The minimum atomic E-state index is -0.489. The number of carbonyl (C=O) groups excluding carboxylic acids is 2. The van der Waals surface area contributed by atoms with Gasteiger partial charge in [0.25, 0.3) is 5.91 Å². The van der Waals surface area contributed by atoms with Crippen LogP contribution in [0.25, 0.3) is 5.69 Å². The van der Waals surface area contributed by atoms with E-state index in [-0.39, 0.29) is 29.0 Å². The summed E-state index contributed by atoms with van der Waals surface area (Å²) in [6.07, 6.45) is 0. The van der Waals surface area contributed by atoms with Crippen molar-refractivity contribution in [2.45, 2.75) is 6.92 Å². The van der Waals surface area contributed by atoms with E-state index in [0.717, 1.165) is 5.69 Å². The molecule has 2 aromatic carbocycles. The van der Waals surface area contributed by atoms with Crippen molar-refractivity contribution >= 4 is 40.7 Å². The number of anilines is 1. The predicted molar refractivity (Wildman–Crippen MR) is 126 cm³/mol. The van der Waals surface area contributed by atoms with E-state index in [1.807, 2.05) is 24.3 Å². The van der Waals surface area contributed by atoms with Gasteiger partial charge >= 0.3 is 0 Å². The molecule has 1 N–H and O–H groups in total. The number of amides is 2. The zero-order valence-electron chi connectivity index (χ0n) is 17.9. The second-order valence-corrected chi connectivity index (χ2v) is 8.46. The summed E-state index contributed by atoms with van der Waals surface area (Å²) in [5.41, 5.74) is 2.13. The molecule has 1 saturated heterocycles. The summed E-state index contributed by atoms with van der Waals surface area (Å²) < 4.78 is 14.6. The third-order valence-corrected chi connectivity index (χ3v) is 6.09. The third kappa shape index (κ3) is 5.12. The first-order valence-corrected chi connectivity index (χ1v) is 11.2. The summed E-state index contributed by atoms with van der Waals surface area (Å²) in [4.78, 5) is 29.3. The number of rotatable bonds is 5. The van der Waals surface area contributed by atoms with Crippen molar-refractivity contribution in [2.24, 2.45) is 0 Å². The Morgan fingerprint density at radius 3 is 2.39 bits per heavy atom. The molecule has 33 heavy (non-hydrogen) atoms. The normalized spacial score (nSPS) is 13.8. The van der Waals surface area contributed by atoms with Gasteiger partial charge in [-0.2, -0.15) is 5.10 Å². The first-order chi connectivity index (χ1) is 15.8. The van der Waals surface area contributed by atoms with E-state index in [0.29, 0.717) is 42.6 Å². The van der Waals surface area contributed by atoms with E-state index >= 15 is 0 Å². The molecule has 172 valence electrons. The Bertz CT molecular complexity index is 1170. The van der Waals surface area contributed by atoms with Gasteiger partial charge in [0.15, 0.2) is 0 Å². The average Bonchev–Trinajstić information content (AvgIpc) is 3.11. The fraction of sp³-hybridized carbons (Fsp3) is 0.261. The SMILES string of the molecule is Cc1nn(-c2ccc(F)cc2)c(Cl)c1C(=O)NCC(=O)N1CCN(c2cccc(Cl)c2)CC1. The largest absolute Gasteiger partial charge is 0.368 e. The van der Waals surface area contributed by atoms with Gasteiger partial charge in [-0.1, -0.05) is 29.3 Å². The highest BCUT2D eigenvalue weighted by atomic mass is 35.5. The van der Waals surface area contributed by atoms with Gasteiger partial charge in [-0.3, -0.25) is 9.59 Å². The van der Waals surface area contributed by atoms with Crippen molar-refractivity contribution in [2.75, 3.05) is 37.6 Å². The number of aryl methyl sites for hydroxylation is 1. The zero-order chi connectivity index (χ0) is 23.5. The van der Waals surface area contributed by atoms with Crippen LogP contribution in [0.1, 0.15) is 16.1 Å². The van der Waals surface area contributed by atoms with Crippen molar-refractivity contribution in [3.63, 3.8) is 0 Å². The lowest BCUT2D eigenvalue weighted by molar-refractivity contribution is -0.130. The Morgan fingerprint density at radius 1 is 1.03 bits per heavy atom. The number of nitrogens with zero attached hydrogens (tertiary/aromatic N) is 4. The maximum absolute atomic E-state index is 13.2. The lowest BCUT2D eigenvalue weighted by Crippen LogP contribution is -2.51. The standard InChI is InChI=1S/C23H22Cl2FN5O2/c1-15-21(22(25)31(28-15)18-7-5-17(26)6-8-18)23(33)27-14-20(32)30-11-9-29(10-12-30)19-4-2-3-16(24)13-19/h2-8,13H,9-12,14H2,1H3,(H,27,33). The van der Waals surface area contributed by atoms with Crippen molar-refractivity contribution in [1.29, 1.82) is 0 Å².